The minimum absolute atomic E-state index is 0.539. The second kappa shape index (κ2) is 24.5. The van der Waals surface area contributed by atoms with Crippen molar-refractivity contribution in [2.24, 2.45) is 0 Å². The lowest BCUT2D eigenvalue weighted by molar-refractivity contribution is 0.824. The van der Waals surface area contributed by atoms with Gasteiger partial charge in [-0.2, -0.15) is 10.1 Å². The molecule has 93 heavy (non-hydrogen) atoms. The maximum absolute atomic E-state index is 5.09. The normalized spacial score (nSPS) is 11.3. The van der Waals surface area contributed by atoms with Gasteiger partial charge in [-0.05, 0) is 113 Å². The van der Waals surface area contributed by atoms with E-state index in [0.717, 1.165) is 121 Å². The van der Waals surface area contributed by atoms with Crippen LogP contribution in [0.15, 0.2) is 308 Å². The number of H-pyrrole nitrogens is 1. The Morgan fingerprint density at radius 2 is 0.839 bits per heavy atom. The molecule has 0 amide bonds. The van der Waals surface area contributed by atoms with Crippen LogP contribution in [-0.2, 0) is 0 Å². The van der Waals surface area contributed by atoms with Crippen molar-refractivity contribution in [1.29, 1.82) is 0 Å². The fourth-order valence-electron chi connectivity index (χ4n) is 11.8. The van der Waals surface area contributed by atoms with E-state index in [1.54, 1.807) is 6.33 Å². The Morgan fingerprint density at radius 3 is 1.48 bits per heavy atom. The first-order valence-corrected chi connectivity index (χ1v) is 31.0. The zero-order valence-corrected chi connectivity index (χ0v) is 51.1. The van der Waals surface area contributed by atoms with E-state index in [9.17, 15) is 0 Å². The Kier molecular flexibility index (Phi) is 14.7. The van der Waals surface area contributed by atoms with E-state index in [1.165, 1.54) is 5.39 Å². The number of rotatable bonds is 9. The number of aromatic nitrogens is 14. The molecule has 0 spiro atoms. The summed E-state index contributed by atoms with van der Waals surface area (Å²) in [6.45, 7) is 0. The number of aromatic amines is 1. The molecule has 0 bridgehead atoms. The molecule has 0 atom stereocenters. The monoisotopic (exact) mass is 1260 g/mol. The van der Waals surface area contributed by atoms with Crippen LogP contribution in [0, 0.1) is 0 Å². The number of halogens is 1. The van der Waals surface area contributed by atoms with Crippen LogP contribution in [0.4, 0.5) is 0 Å². The molecule has 0 aliphatic carbocycles. The van der Waals surface area contributed by atoms with Crippen LogP contribution in [0.5, 0.6) is 0 Å². The quantitative estimate of drug-likeness (QED) is 0.147. The van der Waals surface area contributed by atoms with Crippen molar-refractivity contribution in [2.45, 2.75) is 0 Å². The summed E-state index contributed by atoms with van der Waals surface area (Å²) in [5.41, 5.74) is 17.9. The first-order chi connectivity index (χ1) is 46.0. The maximum atomic E-state index is 5.09. The lowest BCUT2D eigenvalue weighted by Crippen LogP contribution is -2.03. The summed E-state index contributed by atoms with van der Waals surface area (Å²) in [6, 6.07) is 100. The minimum Gasteiger partial charge on any atom is -0.278 e. The van der Waals surface area contributed by atoms with Gasteiger partial charge < -0.3 is 0 Å². The standard InChI is InChI=1S/C39H25N7.C21H14BrN3.C18H12N4/c1-4-12-26(13-5-1)28-20-29(27-14-6-2-7-15-27)22-30(21-28)38-40-25-41-39(42-38)45-35-19-11-10-18-32(35)33-23-37-34(24-36(33)45)43-44-46(37)31-16-8-3-9-17-31;22-18-13-7-12-17(14-18)21-24-19(15-8-3-1-4-9-15)23-20(25-21)16-10-5-2-6-11-16;1-2-6-12(7-3-1)22-18-10-14-13-8-4-5-9-15(13)19-16(14)11-17(18)20-21-22/h1-25H;1-14H;1-11,21H. The summed E-state index contributed by atoms with van der Waals surface area (Å²) < 4.78 is 6.96. The first-order valence-electron chi connectivity index (χ1n) is 30.2. The molecule has 0 aliphatic heterocycles. The van der Waals surface area contributed by atoms with Gasteiger partial charge >= 0.3 is 0 Å². The van der Waals surface area contributed by atoms with Crippen molar-refractivity contribution in [1.82, 2.24) is 69.4 Å². The molecule has 0 fully saturated rings. The molecule has 14 nitrogen and oxygen atoms in total. The molecule has 12 aromatic carbocycles. The summed E-state index contributed by atoms with van der Waals surface area (Å²) >= 11 is 3.52. The molecule has 440 valence electrons. The number of hydrogen-bond donors (Lipinski definition) is 1. The number of benzene rings is 12. The smallest absolute Gasteiger partial charge is 0.238 e. The fraction of sp³-hybridized carbons (Fsp3) is 0. The van der Waals surface area contributed by atoms with Gasteiger partial charge in [0.1, 0.15) is 17.4 Å². The number of para-hydroxylation sites is 4. The molecular weight excluding hydrogens is 1210 g/mol. The lowest BCUT2D eigenvalue weighted by Gasteiger charge is -2.11. The maximum Gasteiger partial charge on any atom is 0.238 e. The molecular formula is C78H51BrN14. The van der Waals surface area contributed by atoms with Gasteiger partial charge in [0.25, 0.3) is 0 Å². The zero-order chi connectivity index (χ0) is 62.0. The summed E-state index contributed by atoms with van der Waals surface area (Å²) in [5.74, 6) is 3.14. The van der Waals surface area contributed by atoms with Crippen molar-refractivity contribution in [3.63, 3.8) is 0 Å². The summed E-state index contributed by atoms with van der Waals surface area (Å²) in [5, 5.41) is 21.0. The van der Waals surface area contributed by atoms with Crippen molar-refractivity contribution in [3.8, 4) is 85.1 Å². The van der Waals surface area contributed by atoms with Gasteiger partial charge in [-0.15, -0.1) is 5.10 Å². The number of hydrogen-bond acceptors (Lipinski definition) is 10. The van der Waals surface area contributed by atoms with Gasteiger partial charge in [-0.25, -0.2) is 44.5 Å². The fourth-order valence-corrected chi connectivity index (χ4v) is 12.2. The molecule has 0 unspecified atom stereocenters. The molecule has 0 saturated heterocycles. The zero-order valence-electron chi connectivity index (χ0n) is 49.6. The number of fused-ring (bicyclic) bond motifs is 8. The van der Waals surface area contributed by atoms with Crippen molar-refractivity contribution >= 4 is 81.6 Å². The molecule has 15 heteroatoms. The highest BCUT2D eigenvalue weighted by molar-refractivity contribution is 9.10. The minimum atomic E-state index is 0.539. The number of nitrogens with one attached hydrogen (secondary N) is 1. The van der Waals surface area contributed by atoms with E-state index >= 15 is 0 Å². The molecule has 0 radical (unpaired) electrons. The molecule has 0 aliphatic rings. The van der Waals surface area contributed by atoms with Crippen LogP contribution in [0.1, 0.15) is 0 Å². The van der Waals surface area contributed by atoms with Crippen LogP contribution in [-0.4, -0.2) is 69.4 Å². The van der Waals surface area contributed by atoms with Gasteiger partial charge in [-0.1, -0.05) is 227 Å². The molecule has 1 N–H and O–H groups in total. The largest absolute Gasteiger partial charge is 0.278 e. The lowest BCUT2D eigenvalue weighted by atomic mass is 9.96. The highest BCUT2D eigenvalue weighted by atomic mass is 79.9. The predicted molar refractivity (Wildman–Crippen MR) is 375 cm³/mol. The number of nitrogens with zero attached hydrogens (tertiary/aromatic N) is 13. The Balaban J connectivity index is 0.000000122. The van der Waals surface area contributed by atoms with Crippen molar-refractivity contribution in [3.05, 3.63) is 308 Å². The Hall–Kier alpha value is -12.5. The van der Waals surface area contributed by atoms with E-state index in [1.807, 2.05) is 185 Å². The SMILES string of the molecule is Brc1cccc(-c2nc(-c3ccccc3)nc(-c3ccccc3)n2)c1.c1ccc(-c2cc(-c3ccccc3)cc(-c3ncnc(-n4c5ccccc5c5cc6c(cc54)nnn6-c4ccccc4)n3)c2)cc1.c1ccc(-n2[nH]nc3cc4nc5ccccc5c4cc32)cc1. The third-order valence-corrected chi connectivity index (χ3v) is 16.7. The van der Waals surface area contributed by atoms with E-state index in [-0.39, 0.29) is 0 Å². The topological polar surface area (TPSA) is 159 Å². The van der Waals surface area contributed by atoms with Gasteiger partial charge in [0.2, 0.25) is 5.95 Å². The molecule has 18 rings (SSSR count). The average Bonchev–Trinajstić information content (AvgIpc) is 1.60. The van der Waals surface area contributed by atoms with Gasteiger partial charge in [0.15, 0.2) is 23.3 Å². The predicted octanol–water partition coefficient (Wildman–Crippen LogP) is 18.4. The first kappa shape index (κ1) is 55.8. The van der Waals surface area contributed by atoms with Crippen LogP contribution in [0.3, 0.4) is 0 Å². The van der Waals surface area contributed by atoms with Crippen molar-refractivity contribution < 1.29 is 0 Å². The van der Waals surface area contributed by atoms with Crippen LogP contribution in [0.2, 0.25) is 0 Å². The molecule has 0 saturated carbocycles. The van der Waals surface area contributed by atoms with E-state index < -0.39 is 0 Å². The second-order valence-corrected chi connectivity index (χ2v) is 23.0. The van der Waals surface area contributed by atoms with Crippen LogP contribution in [0.25, 0.3) is 151 Å². The summed E-state index contributed by atoms with van der Waals surface area (Å²) in [6.07, 6.45) is 1.60. The van der Waals surface area contributed by atoms with E-state index in [2.05, 4.69) is 177 Å². The summed E-state index contributed by atoms with van der Waals surface area (Å²) in [4.78, 5) is 33.2. The Bertz CT molecular complexity index is 5590. The van der Waals surface area contributed by atoms with Crippen LogP contribution < -0.4 is 0 Å². The van der Waals surface area contributed by atoms with Crippen LogP contribution >= 0.6 is 15.9 Å². The second-order valence-electron chi connectivity index (χ2n) is 22.1. The third-order valence-electron chi connectivity index (χ3n) is 16.2. The van der Waals surface area contributed by atoms with Crippen molar-refractivity contribution in [2.75, 3.05) is 0 Å². The average molecular weight is 1260 g/mol. The van der Waals surface area contributed by atoms with E-state index in [0.29, 0.717) is 29.2 Å². The third kappa shape index (κ3) is 11.1. The highest BCUT2D eigenvalue weighted by Gasteiger charge is 2.20. The van der Waals surface area contributed by atoms with Gasteiger partial charge in [-0.3, -0.25) is 4.57 Å². The molecule has 6 aromatic heterocycles. The van der Waals surface area contributed by atoms with Gasteiger partial charge in [0.05, 0.1) is 44.5 Å². The molecule has 6 heterocycles. The van der Waals surface area contributed by atoms with Gasteiger partial charge in [0, 0.05) is 48.3 Å². The Morgan fingerprint density at radius 1 is 0.301 bits per heavy atom. The molecule has 18 aromatic rings. The Labute approximate surface area is 541 Å². The highest BCUT2D eigenvalue weighted by Crippen LogP contribution is 2.37. The van der Waals surface area contributed by atoms with E-state index in [4.69, 9.17) is 19.9 Å². The summed E-state index contributed by atoms with van der Waals surface area (Å²) in [7, 11) is 0.